The lowest BCUT2D eigenvalue weighted by molar-refractivity contribution is 0.668. The Bertz CT molecular complexity index is 4460. The van der Waals surface area contributed by atoms with Gasteiger partial charge in [0.2, 0.25) is 0 Å². The van der Waals surface area contributed by atoms with Crippen LogP contribution in [-0.4, -0.2) is 0 Å². The third kappa shape index (κ3) is 5.11. The van der Waals surface area contributed by atoms with Crippen molar-refractivity contribution in [1.82, 2.24) is 0 Å². The average Bonchev–Trinajstić information content (AvgIpc) is 4.09. The first-order valence-corrected chi connectivity index (χ1v) is 22.9. The van der Waals surface area contributed by atoms with Gasteiger partial charge < -0.3 is 13.3 Å². The summed E-state index contributed by atoms with van der Waals surface area (Å²) in [5, 5.41) is 16.3. The van der Waals surface area contributed by atoms with Crippen molar-refractivity contribution in [3.8, 4) is 44.5 Å². The zero-order chi connectivity index (χ0) is 43.7. The third-order valence-electron chi connectivity index (χ3n) is 14.3. The predicted octanol–water partition coefficient (Wildman–Crippen LogP) is 18.7. The molecule has 0 radical (unpaired) electrons. The van der Waals surface area contributed by atoms with Gasteiger partial charge in [-0.1, -0.05) is 176 Å². The molecule has 3 heterocycles. The minimum absolute atomic E-state index is 0.860. The van der Waals surface area contributed by atoms with Crippen molar-refractivity contribution >= 4 is 109 Å². The van der Waals surface area contributed by atoms with E-state index in [4.69, 9.17) is 13.3 Å². The van der Waals surface area contributed by atoms with Gasteiger partial charge in [0.1, 0.15) is 33.5 Å². The fourth-order valence-corrected chi connectivity index (χ4v) is 11.6. The summed E-state index contributed by atoms with van der Waals surface area (Å²) in [4.78, 5) is 0. The minimum atomic E-state index is 0.860. The second-order valence-corrected chi connectivity index (χ2v) is 17.7. The van der Waals surface area contributed by atoms with Crippen LogP contribution in [0.15, 0.2) is 232 Å². The fraction of sp³-hybridized carbons (Fsp3) is 0. The summed E-state index contributed by atoms with van der Waals surface area (Å²) < 4.78 is 19.7. The Hall–Kier alpha value is -8.92. The van der Waals surface area contributed by atoms with Gasteiger partial charge in [0.25, 0.3) is 0 Å². The molecule has 0 atom stereocenters. The van der Waals surface area contributed by atoms with Gasteiger partial charge in [-0.3, -0.25) is 0 Å². The van der Waals surface area contributed by atoms with Crippen LogP contribution >= 0.6 is 0 Å². The molecule has 12 aromatic carbocycles. The number of benzene rings is 12. The van der Waals surface area contributed by atoms with E-state index in [2.05, 4.69) is 206 Å². The molecule has 0 aliphatic rings. The fourth-order valence-electron chi connectivity index (χ4n) is 11.6. The summed E-state index contributed by atoms with van der Waals surface area (Å²) in [5.41, 5.74) is 14.7. The Kier molecular flexibility index (Phi) is 7.50. The Morgan fingerprint density at radius 2 is 0.478 bits per heavy atom. The lowest BCUT2D eigenvalue weighted by atomic mass is 9.83. The van der Waals surface area contributed by atoms with E-state index in [0.717, 1.165) is 76.9 Å². The molecule has 0 saturated carbocycles. The van der Waals surface area contributed by atoms with Crippen LogP contribution in [0, 0.1) is 0 Å². The van der Waals surface area contributed by atoms with E-state index in [1.807, 2.05) is 12.1 Å². The molecule has 0 N–H and O–H groups in total. The molecule has 3 nitrogen and oxygen atoms in total. The van der Waals surface area contributed by atoms with Gasteiger partial charge in [0.05, 0.1) is 0 Å². The van der Waals surface area contributed by atoms with E-state index < -0.39 is 0 Å². The van der Waals surface area contributed by atoms with Crippen LogP contribution in [0.3, 0.4) is 0 Å². The summed E-state index contributed by atoms with van der Waals surface area (Å²) in [7, 11) is 0. The molecule has 0 spiro atoms. The van der Waals surface area contributed by atoms with Crippen LogP contribution in [0.5, 0.6) is 0 Å². The third-order valence-corrected chi connectivity index (χ3v) is 14.3. The van der Waals surface area contributed by atoms with Gasteiger partial charge in [-0.15, -0.1) is 0 Å². The Morgan fingerprint density at radius 1 is 0.194 bits per heavy atom. The Labute approximate surface area is 383 Å². The van der Waals surface area contributed by atoms with Gasteiger partial charge in [0.15, 0.2) is 0 Å². The molecule has 15 aromatic rings. The zero-order valence-electron chi connectivity index (χ0n) is 36.0. The largest absolute Gasteiger partial charge is 0.456 e. The zero-order valence-corrected chi connectivity index (χ0v) is 36.0. The maximum Gasteiger partial charge on any atom is 0.136 e. The van der Waals surface area contributed by atoms with Crippen LogP contribution in [0.1, 0.15) is 0 Å². The molecule has 0 fully saturated rings. The quantitative estimate of drug-likeness (QED) is 0.166. The molecule has 3 heteroatoms. The van der Waals surface area contributed by atoms with E-state index in [0.29, 0.717) is 0 Å². The molecule has 3 aromatic heterocycles. The topological polar surface area (TPSA) is 39.4 Å². The van der Waals surface area contributed by atoms with Crippen molar-refractivity contribution in [1.29, 1.82) is 0 Å². The lowest BCUT2D eigenvalue weighted by Crippen LogP contribution is -1.92. The van der Waals surface area contributed by atoms with Gasteiger partial charge in [-0.05, 0) is 130 Å². The van der Waals surface area contributed by atoms with Crippen molar-refractivity contribution in [2.45, 2.75) is 0 Å². The van der Waals surface area contributed by atoms with Crippen molar-refractivity contribution in [3.63, 3.8) is 0 Å². The minimum Gasteiger partial charge on any atom is -0.456 e. The Morgan fingerprint density at radius 3 is 0.851 bits per heavy atom. The first-order valence-electron chi connectivity index (χ1n) is 22.9. The molecular formula is C64H36O3. The van der Waals surface area contributed by atoms with Crippen molar-refractivity contribution < 1.29 is 13.3 Å². The molecule has 0 saturated heterocycles. The summed E-state index contributed by atoms with van der Waals surface area (Å²) in [5.74, 6) is 0. The highest BCUT2D eigenvalue weighted by Crippen LogP contribution is 2.51. The van der Waals surface area contributed by atoms with Gasteiger partial charge in [-0.25, -0.2) is 0 Å². The standard InChI is InChI=1S/C64H36O3/c1-3-18-40-38(16-1)58(39-17-2-4-19-41(39)59(40)48-26-13-31-55-62(48)46-24-9-11-29-52(46)65-55)37-34-35-54-51(36-37)64-50(28-15-33-57(64)67-54)61-44-22-7-5-20-42(44)60(43-21-6-8-23-45(43)61)49-27-14-32-56-63(49)47-25-10-12-30-53(47)66-56/h1-36H. The second kappa shape index (κ2) is 13.8. The summed E-state index contributed by atoms with van der Waals surface area (Å²) in [6, 6.07) is 78.5. The van der Waals surface area contributed by atoms with E-state index in [1.165, 1.54) is 76.5 Å². The van der Waals surface area contributed by atoms with Crippen molar-refractivity contribution in [2.75, 3.05) is 0 Å². The molecular weight excluding hydrogens is 817 g/mol. The van der Waals surface area contributed by atoms with E-state index in [1.54, 1.807) is 0 Å². The van der Waals surface area contributed by atoms with Crippen molar-refractivity contribution in [3.05, 3.63) is 218 Å². The van der Waals surface area contributed by atoms with Crippen LogP contribution < -0.4 is 0 Å². The van der Waals surface area contributed by atoms with E-state index in [9.17, 15) is 0 Å². The van der Waals surface area contributed by atoms with Gasteiger partial charge in [0, 0.05) is 32.3 Å². The second-order valence-electron chi connectivity index (χ2n) is 17.7. The Balaban J connectivity index is 1.00. The van der Waals surface area contributed by atoms with Crippen LogP contribution in [0.2, 0.25) is 0 Å². The highest BCUT2D eigenvalue weighted by atomic mass is 16.3. The number of hydrogen-bond acceptors (Lipinski definition) is 3. The molecule has 0 aliphatic carbocycles. The number of furan rings is 3. The van der Waals surface area contributed by atoms with Crippen LogP contribution in [0.25, 0.3) is 153 Å². The molecule has 15 rings (SSSR count). The number of rotatable bonds is 4. The van der Waals surface area contributed by atoms with Gasteiger partial charge in [-0.2, -0.15) is 0 Å². The van der Waals surface area contributed by atoms with Gasteiger partial charge >= 0.3 is 0 Å². The maximum atomic E-state index is 6.80. The van der Waals surface area contributed by atoms with Crippen LogP contribution in [0.4, 0.5) is 0 Å². The van der Waals surface area contributed by atoms with E-state index >= 15 is 0 Å². The monoisotopic (exact) mass is 852 g/mol. The highest BCUT2D eigenvalue weighted by Gasteiger charge is 2.24. The number of fused-ring (bicyclic) bond motifs is 13. The van der Waals surface area contributed by atoms with Crippen molar-refractivity contribution in [2.24, 2.45) is 0 Å². The summed E-state index contributed by atoms with van der Waals surface area (Å²) >= 11 is 0. The lowest BCUT2D eigenvalue weighted by Gasteiger charge is -2.19. The summed E-state index contributed by atoms with van der Waals surface area (Å²) in [6.45, 7) is 0. The van der Waals surface area contributed by atoms with Crippen LogP contribution in [-0.2, 0) is 0 Å². The SMILES string of the molecule is c1ccc2c(c1)oc1cccc(-c3c4ccccc4c(-c4ccc5oc6cccc(-c7c8ccccc8c(-c8cccc9oc%10ccccc%10c89)c8ccccc78)c6c5c4)c4ccccc34)c12. The number of para-hydroxylation sites is 2. The molecule has 0 amide bonds. The van der Waals surface area contributed by atoms with E-state index in [-0.39, 0.29) is 0 Å². The molecule has 0 unspecified atom stereocenters. The predicted molar refractivity (Wildman–Crippen MR) is 280 cm³/mol. The molecule has 310 valence electrons. The first-order chi connectivity index (χ1) is 33.3. The number of hydrogen-bond donors (Lipinski definition) is 0. The normalized spacial score (nSPS) is 12.2. The molecule has 67 heavy (non-hydrogen) atoms. The molecule has 0 bridgehead atoms. The smallest absolute Gasteiger partial charge is 0.136 e. The first kappa shape index (κ1) is 36.4. The maximum absolute atomic E-state index is 6.80. The summed E-state index contributed by atoms with van der Waals surface area (Å²) in [6.07, 6.45) is 0. The highest BCUT2D eigenvalue weighted by molar-refractivity contribution is 6.30. The average molecular weight is 853 g/mol. The molecule has 0 aliphatic heterocycles.